The van der Waals surface area contributed by atoms with E-state index in [-0.39, 0.29) is 11.9 Å². The number of nitrogens with zero attached hydrogens (tertiary/aromatic N) is 1. The molecule has 0 saturated heterocycles. The molecule has 1 aliphatic heterocycles. The molecule has 0 bridgehead atoms. The number of hydrogen-bond donors (Lipinski definition) is 1. The van der Waals surface area contributed by atoms with Crippen LogP contribution in [0, 0.1) is 6.92 Å². The van der Waals surface area contributed by atoms with Crippen molar-refractivity contribution >= 4 is 11.8 Å². The Morgan fingerprint density at radius 1 is 0.879 bits per heavy atom. The minimum Gasteiger partial charge on any atom is -0.466 e. The fraction of sp³-hybridized carbons (Fsp3) is 0.310. The summed E-state index contributed by atoms with van der Waals surface area (Å²) in [5.74, 6) is 0.420. The predicted octanol–water partition coefficient (Wildman–Crippen LogP) is 5.86. The molecule has 1 fully saturated rings. The lowest BCUT2D eigenvalue weighted by atomic mass is 9.80. The minimum absolute atomic E-state index is 0.0865. The van der Waals surface area contributed by atoms with Gasteiger partial charge in [-0.25, -0.2) is 4.99 Å². The first-order chi connectivity index (χ1) is 16.2. The molecule has 33 heavy (non-hydrogen) atoms. The number of amides is 1. The summed E-state index contributed by atoms with van der Waals surface area (Å²) < 4.78 is 6.54. The highest BCUT2D eigenvalue weighted by Gasteiger charge is 2.55. The van der Waals surface area contributed by atoms with Gasteiger partial charge in [0.2, 0.25) is 11.4 Å². The molecule has 2 aliphatic rings. The first-order valence-corrected chi connectivity index (χ1v) is 11.9. The van der Waals surface area contributed by atoms with Crippen LogP contribution in [0.1, 0.15) is 60.5 Å². The third-order valence-electron chi connectivity index (χ3n) is 6.79. The van der Waals surface area contributed by atoms with Gasteiger partial charge in [0, 0.05) is 11.6 Å². The van der Waals surface area contributed by atoms with Crippen molar-refractivity contribution in [2.24, 2.45) is 4.99 Å². The summed E-state index contributed by atoms with van der Waals surface area (Å²) in [6.45, 7) is 2.06. The van der Waals surface area contributed by atoms with Crippen molar-refractivity contribution in [3.8, 4) is 0 Å². The molecule has 4 nitrogen and oxygen atoms in total. The van der Waals surface area contributed by atoms with Crippen LogP contribution in [0.2, 0.25) is 0 Å². The van der Waals surface area contributed by atoms with Crippen LogP contribution in [0.4, 0.5) is 0 Å². The van der Waals surface area contributed by atoms with Gasteiger partial charge in [-0.05, 0) is 43.0 Å². The quantitative estimate of drug-likeness (QED) is 0.543. The number of carbonyl (C=O) groups is 1. The molecule has 168 valence electrons. The number of aryl methyl sites for hydroxylation is 1. The summed E-state index contributed by atoms with van der Waals surface area (Å²) in [6, 6.07) is 28.1. The lowest BCUT2D eigenvalue weighted by Crippen LogP contribution is -2.49. The minimum atomic E-state index is -1.19. The lowest BCUT2D eigenvalue weighted by molar-refractivity contribution is -0.130. The summed E-state index contributed by atoms with van der Waals surface area (Å²) in [5.41, 5.74) is 2.63. The van der Waals surface area contributed by atoms with Crippen molar-refractivity contribution < 1.29 is 9.53 Å². The standard InChI is InChI=1S/C29H30N2O2/c1-21-17-19-23(20-18-21)27-31-29(24-13-7-3-8-14-24,26(33-27)22-11-5-2-6-12-22)28(32)30-25-15-9-4-10-16-25/h2-3,5-8,11-14,17-20,25-26H,4,9-10,15-16H2,1H3,(H,30,32)/t26-,29+/m0/s1. The van der Waals surface area contributed by atoms with E-state index in [1.54, 1.807) is 0 Å². The van der Waals surface area contributed by atoms with Crippen molar-refractivity contribution in [2.45, 2.75) is 56.7 Å². The van der Waals surface area contributed by atoms with E-state index in [0.717, 1.165) is 42.4 Å². The van der Waals surface area contributed by atoms with Gasteiger partial charge in [0.05, 0.1) is 0 Å². The number of carbonyl (C=O) groups excluding carboxylic acids is 1. The maximum atomic E-state index is 14.2. The second-order valence-corrected chi connectivity index (χ2v) is 9.13. The van der Waals surface area contributed by atoms with Crippen molar-refractivity contribution in [3.05, 3.63) is 107 Å². The van der Waals surface area contributed by atoms with E-state index < -0.39 is 11.6 Å². The van der Waals surface area contributed by atoms with Gasteiger partial charge in [-0.1, -0.05) is 97.6 Å². The number of nitrogens with one attached hydrogen (secondary N) is 1. The predicted molar refractivity (Wildman–Crippen MR) is 131 cm³/mol. The van der Waals surface area contributed by atoms with Crippen molar-refractivity contribution in [1.82, 2.24) is 5.32 Å². The summed E-state index contributed by atoms with van der Waals surface area (Å²) in [6.07, 6.45) is 5.02. The maximum absolute atomic E-state index is 14.2. The van der Waals surface area contributed by atoms with Gasteiger partial charge in [-0.3, -0.25) is 4.79 Å². The van der Waals surface area contributed by atoms with Gasteiger partial charge in [0.15, 0.2) is 6.10 Å². The van der Waals surface area contributed by atoms with E-state index in [9.17, 15) is 4.79 Å². The van der Waals surface area contributed by atoms with Crippen LogP contribution in [0.5, 0.6) is 0 Å². The van der Waals surface area contributed by atoms with Crippen LogP contribution in [-0.2, 0) is 15.1 Å². The van der Waals surface area contributed by atoms with E-state index >= 15 is 0 Å². The van der Waals surface area contributed by atoms with E-state index in [2.05, 4.69) is 12.2 Å². The molecule has 4 heteroatoms. The highest BCUT2D eigenvalue weighted by atomic mass is 16.5. The topological polar surface area (TPSA) is 50.7 Å². The third kappa shape index (κ3) is 4.18. The third-order valence-corrected chi connectivity index (χ3v) is 6.79. The number of ether oxygens (including phenoxy) is 1. The molecule has 1 aliphatic carbocycles. The Hall–Kier alpha value is -3.40. The van der Waals surface area contributed by atoms with Gasteiger partial charge in [-0.2, -0.15) is 0 Å². The Labute approximate surface area is 195 Å². The Balaban J connectivity index is 1.64. The van der Waals surface area contributed by atoms with Crippen molar-refractivity contribution in [2.75, 3.05) is 0 Å². The SMILES string of the molecule is Cc1ccc(C2=N[C@](C(=O)NC3CCCCC3)(c3ccccc3)[C@H](c3ccccc3)O2)cc1. The molecule has 0 radical (unpaired) electrons. The zero-order valence-electron chi connectivity index (χ0n) is 19.0. The molecule has 5 rings (SSSR count). The van der Waals surface area contributed by atoms with Gasteiger partial charge in [0.25, 0.3) is 5.91 Å². The Morgan fingerprint density at radius 2 is 1.52 bits per heavy atom. The first kappa shape index (κ1) is 21.4. The highest BCUT2D eigenvalue weighted by Crippen LogP contribution is 2.47. The molecular formula is C29H30N2O2. The Morgan fingerprint density at radius 3 is 2.18 bits per heavy atom. The second-order valence-electron chi connectivity index (χ2n) is 9.13. The molecular weight excluding hydrogens is 408 g/mol. The fourth-order valence-electron chi connectivity index (χ4n) is 4.96. The number of benzene rings is 3. The van der Waals surface area contributed by atoms with E-state index in [4.69, 9.17) is 9.73 Å². The molecule has 1 saturated carbocycles. The molecule has 1 amide bonds. The number of hydrogen-bond acceptors (Lipinski definition) is 3. The maximum Gasteiger partial charge on any atom is 0.257 e. The number of aliphatic imine (C=N–C) groups is 1. The van der Waals surface area contributed by atoms with Crippen LogP contribution in [0.25, 0.3) is 0 Å². The Bertz CT molecular complexity index is 1120. The van der Waals surface area contributed by atoms with Crippen molar-refractivity contribution in [3.63, 3.8) is 0 Å². The first-order valence-electron chi connectivity index (χ1n) is 11.9. The number of rotatable bonds is 5. The zero-order valence-corrected chi connectivity index (χ0v) is 19.0. The average Bonchev–Trinajstić information content (AvgIpc) is 3.28. The largest absolute Gasteiger partial charge is 0.466 e. The molecule has 1 heterocycles. The van der Waals surface area contributed by atoms with Crippen LogP contribution >= 0.6 is 0 Å². The summed E-state index contributed by atoms with van der Waals surface area (Å²) in [5, 5.41) is 3.35. The Kier molecular flexibility index (Phi) is 5.99. The van der Waals surface area contributed by atoms with Crippen molar-refractivity contribution in [1.29, 1.82) is 0 Å². The molecule has 0 spiro atoms. The lowest BCUT2D eigenvalue weighted by Gasteiger charge is -2.33. The molecule has 2 atom stereocenters. The van der Waals surface area contributed by atoms with Crippen LogP contribution in [-0.4, -0.2) is 17.8 Å². The van der Waals surface area contributed by atoms with Crippen LogP contribution in [0.3, 0.4) is 0 Å². The molecule has 0 unspecified atom stereocenters. The fourth-order valence-corrected chi connectivity index (χ4v) is 4.96. The zero-order chi connectivity index (χ0) is 22.7. The summed E-state index contributed by atoms with van der Waals surface area (Å²) in [4.78, 5) is 19.2. The molecule has 1 N–H and O–H groups in total. The van der Waals surface area contributed by atoms with E-state index in [0.29, 0.717) is 5.90 Å². The van der Waals surface area contributed by atoms with Gasteiger partial charge < -0.3 is 10.1 Å². The van der Waals surface area contributed by atoms with Crippen LogP contribution in [0.15, 0.2) is 89.9 Å². The normalized spacial score (nSPS) is 22.9. The smallest absolute Gasteiger partial charge is 0.257 e. The van der Waals surface area contributed by atoms with Gasteiger partial charge >= 0.3 is 0 Å². The molecule has 3 aromatic rings. The van der Waals surface area contributed by atoms with Gasteiger partial charge in [0.1, 0.15) is 0 Å². The molecule has 0 aromatic heterocycles. The average molecular weight is 439 g/mol. The second kappa shape index (κ2) is 9.22. The monoisotopic (exact) mass is 438 g/mol. The van der Waals surface area contributed by atoms with Gasteiger partial charge in [-0.15, -0.1) is 0 Å². The van der Waals surface area contributed by atoms with Crippen LogP contribution < -0.4 is 5.32 Å². The van der Waals surface area contributed by atoms with E-state index in [1.807, 2.05) is 84.9 Å². The summed E-state index contributed by atoms with van der Waals surface area (Å²) in [7, 11) is 0. The summed E-state index contributed by atoms with van der Waals surface area (Å²) >= 11 is 0. The molecule has 3 aromatic carbocycles. The highest BCUT2D eigenvalue weighted by molar-refractivity contribution is 6.01. The van der Waals surface area contributed by atoms with E-state index in [1.165, 1.54) is 12.0 Å².